The molecule has 3 aromatic rings. The number of aromatic amines is 1. The number of primary amides is 1. The highest BCUT2D eigenvalue weighted by Crippen LogP contribution is 2.27. The van der Waals surface area contributed by atoms with E-state index in [1.807, 2.05) is 12.1 Å². The fourth-order valence-corrected chi connectivity index (χ4v) is 4.14. The van der Waals surface area contributed by atoms with Gasteiger partial charge in [-0.3, -0.25) is 9.89 Å². The number of nitrogens with two attached hydrogens (primary N) is 1. The molecule has 174 valence electrons. The summed E-state index contributed by atoms with van der Waals surface area (Å²) in [7, 11) is 4.29. The fourth-order valence-electron chi connectivity index (χ4n) is 4.14. The number of aromatic nitrogens is 2. The minimum Gasteiger partial charge on any atom is -0.508 e. The van der Waals surface area contributed by atoms with Crippen LogP contribution in [0.5, 0.6) is 5.75 Å². The number of piperidine rings is 1. The molecule has 2 heterocycles. The quantitative estimate of drug-likeness (QED) is 0.358. The van der Waals surface area contributed by atoms with Crippen LogP contribution in [0.1, 0.15) is 28.8 Å². The second-order valence-electron chi connectivity index (χ2n) is 8.56. The zero-order chi connectivity index (χ0) is 23.4. The van der Waals surface area contributed by atoms with Crippen molar-refractivity contribution >= 4 is 28.9 Å². The first-order valence-electron chi connectivity index (χ1n) is 11.1. The number of anilines is 4. The number of amides is 1. The van der Waals surface area contributed by atoms with E-state index in [4.69, 9.17) is 5.73 Å². The summed E-state index contributed by atoms with van der Waals surface area (Å²) in [4.78, 5) is 16.8. The highest BCUT2D eigenvalue weighted by atomic mass is 16.3. The smallest absolute Gasteiger partial charge is 0.256 e. The number of hydrogen-bond donors (Lipinski definition) is 5. The zero-order valence-electron chi connectivity index (χ0n) is 19.0. The first-order valence-corrected chi connectivity index (χ1v) is 11.1. The number of phenols is 1. The topological polar surface area (TPSA) is 123 Å². The van der Waals surface area contributed by atoms with Gasteiger partial charge in [0.1, 0.15) is 17.1 Å². The Morgan fingerprint density at radius 1 is 1.15 bits per heavy atom. The van der Waals surface area contributed by atoms with Gasteiger partial charge in [-0.1, -0.05) is 12.1 Å². The molecule has 0 spiro atoms. The maximum absolute atomic E-state index is 12.1. The molecule has 1 fully saturated rings. The van der Waals surface area contributed by atoms with Gasteiger partial charge in [0.05, 0.1) is 0 Å². The predicted octanol–water partition coefficient (Wildman–Crippen LogP) is 3.10. The standard InChI is InChI=1S/C24H31N7O2/c1-30(2)18-11-13-31(14-12-18)19-7-5-17(6-8-19)27-24-21(22(25)33)23(28-29-24)26-15-16-3-9-20(32)10-4-16/h3-10,18,32H,11-15H2,1-2H3,(H2,25,33)(H3,26,27,28,29). The van der Waals surface area contributed by atoms with E-state index in [0.29, 0.717) is 24.2 Å². The summed E-state index contributed by atoms with van der Waals surface area (Å²) in [6.07, 6.45) is 2.31. The van der Waals surface area contributed by atoms with Gasteiger partial charge < -0.3 is 31.3 Å². The van der Waals surface area contributed by atoms with Crippen molar-refractivity contribution in [1.82, 2.24) is 15.1 Å². The fraction of sp³-hybridized carbons (Fsp3) is 0.333. The Morgan fingerprint density at radius 3 is 2.42 bits per heavy atom. The molecular weight excluding hydrogens is 418 g/mol. The van der Waals surface area contributed by atoms with Crippen LogP contribution in [0.3, 0.4) is 0 Å². The maximum Gasteiger partial charge on any atom is 0.256 e. The van der Waals surface area contributed by atoms with Crippen molar-refractivity contribution in [3.05, 3.63) is 59.7 Å². The van der Waals surface area contributed by atoms with Crippen molar-refractivity contribution in [2.75, 3.05) is 42.7 Å². The van der Waals surface area contributed by atoms with Gasteiger partial charge >= 0.3 is 0 Å². The number of hydrogen-bond acceptors (Lipinski definition) is 7. The molecule has 9 nitrogen and oxygen atoms in total. The average Bonchev–Trinajstić information content (AvgIpc) is 3.22. The van der Waals surface area contributed by atoms with E-state index >= 15 is 0 Å². The van der Waals surface area contributed by atoms with Crippen LogP contribution in [-0.4, -0.2) is 59.3 Å². The third kappa shape index (κ3) is 5.38. The largest absolute Gasteiger partial charge is 0.508 e. The summed E-state index contributed by atoms with van der Waals surface area (Å²) in [6.45, 7) is 2.52. The Balaban J connectivity index is 1.41. The number of rotatable bonds is 8. The lowest BCUT2D eigenvalue weighted by atomic mass is 10.0. The molecule has 1 amide bonds. The van der Waals surface area contributed by atoms with Gasteiger partial charge in [-0.15, -0.1) is 0 Å². The zero-order valence-corrected chi connectivity index (χ0v) is 19.0. The third-order valence-corrected chi connectivity index (χ3v) is 6.11. The molecule has 33 heavy (non-hydrogen) atoms. The van der Waals surface area contributed by atoms with E-state index in [0.717, 1.165) is 37.2 Å². The van der Waals surface area contributed by atoms with E-state index in [-0.39, 0.29) is 11.3 Å². The van der Waals surface area contributed by atoms with Crippen LogP contribution < -0.4 is 21.3 Å². The molecule has 6 N–H and O–H groups in total. The van der Waals surface area contributed by atoms with Crippen molar-refractivity contribution in [2.24, 2.45) is 5.73 Å². The lowest BCUT2D eigenvalue weighted by Gasteiger charge is -2.36. The molecule has 1 aliphatic rings. The maximum atomic E-state index is 12.1. The summed E-state index contributed by atoms with van der Waals surface area (Å²) in [6, 6.07) is 15.6. The van der Waals surface area contributed by atoms with E-state index in [1.54, 1.807) is 24.3 Å². The minimum atomic E-state index is -0.583. The molecule has 9 heteroatoms. The van der Waals surface area contributed by atoms with Crippen LogP contribution >= 0.6 is 0 Å². The van der Waals surface area contributed by atoms with Crippen molar-refractivity contribution in [1.29, 1.82) is 0 Å². The molecule has 1 aliphatic heterocycles. The number of carbonyl (C=O) groups is 1. The second-order valence-corrected chi connectivity index (χ2v) is 8.56. The molecule has 2 aromatic carbocycles. The average molecular weight is 450 g/mol. The van der Waals surface area contributed by atoms with E-state index in [9.17, 15) is 9.90 Å². The van der Waals surface area contributed by atoms with Crippen molar-refractivity contribution < 1.29 is 9.90 Å². The van der Waals surface area contributed by atoms with E-state index < -0.39 is 5.91 Å². The second kappa shape index (κ2) is 9.83. The van der Waals surface area contributed by atoms with Gasteiger partial charge in [0.2, 0.25) is 0 Å². The summed E-state index contributed by atoms with van der Waals surface area (Å²) >= 11 is 0. The van der Waals surface area contributed by atoms with Gasteiger partial charge in [0, 0.05) is 37.1 Å². The van der Waals surface area contributed by atoms with Gasteiger partial charge in [-0.2, -0.15) is 5.10 Å². The number of nitrogens with one attached hydrogen (secondary N) is 3. The number of H-pyrrole nitrogens is 1. The Kier molecular flexibility index (Phi) is 6.69. The summed E-state index contributed by atoms with van der Waals surface area (Å²) in [5, 5.41) is 22.8. The number of aromatic hydroxyl groups is 1. The van der Waals surface area contributed by atoms with Crippen LogP contribution in [0, 0.1) is 0 Å². The van der Waals surface area contributed by atoms with E-state index in [2.05, 4.69) is 56.9 Å². The van der Waals surface area contributed by atoms with Crippen LogP contribution in [-0.2, 0) is 6.54 Å². The van der Waals surface area contributed by atoms with Gasteiger partial charge in [0.25, 0.3) is 5.91 Å². The Labute approximate surface area is 193 Å². The lowest BCUT2D eigenvalue weighted by molar-refractivity contribution is 0.100. The van der Waals surface area contributed by atoms with E-state index in [1.165, 1.54) is 5.69 Å². The van der Waals surface area contributed by atoms with Crippen LogP contribution in [0.4, 0.5) is 23.0 Å². The molecule has 0 aliphatic carbocycles. The Bertz CT molecular complexity index is 1070. The van der Waals surface area contributed by atoms with Crippen LogP contribution in [0.15, 0.2) is 48.5 Å². The summed E-state index contributed by atoms with van der Waals surface area (Å²) in [5.74, 6) is 0.433. The van der Waals surface area contributed by atoms with Crippen molar-refractivity contribution in [3.8, 4) is 5.75 Å². The molecule has 0 bridgehead atoms. The van der Waals surface area contributed by atoms with Crippen molar-refractivity contribution in [3.63, 3.8) is 0 Å². The molecular formula is C24H31N7O2. The first-order chi connectivity index (χ1) is 15.9. The molecule has 1 saturated heterocycles. The number of nitrogens with zero attached hydrogens (tertiary/aromatic N) is 3. The lowest BCUT2D eigenvalue weighted by Crippen LogP contribution is -2.41. The number of phenolic OH excluding ortho intramolecular Hbond substituents is 1. The predicted molar refractivity (Wildman–Crippen MR) is 131 cm³/mol. The van der Waals surface area contributed by atoms with Crippen LogP contribution in [0.2, 0.25) is 0 Å². The van der Waals surface area contributed by atoms with Gasteiger partial charge in [0.15, 0.2) is 5.82 Å². The molecule has 1 aromatic heterocycles. The van der Waals surface area contributed by atoms with Gasteiger partial charge in [-0.05, 0) is 68.9 Å². The highest BCUT2D eigenvalue weighted by Gasteiger charge is 2.21. The molecule has 0 radical (unpaired) electrons. The minimum absolute atomic E-state index is 0.202. The molecule has 4 rings (SSSR count). The summed E-state index contributed by atoms with van der Waals surface area (Å²) in [5.41, 5.74) is 8.85. The normalized spacial score (nSPS) is 14.5. The first kappa shape index (κ1) is 22.5. The highest BCUT2D eigenvalue weighted by molar-refractivity contribution is 6.03. The monoisotopic (exact) mass is 449 g/mol. The summed E-state index contributed by atoms with van der Waals surface area (Å²) < 4.78 is 0. The molecule has 0 atom stereocenters. The molecule has 0 saturated carbocycles. The third-order valence-electron chi connectivity index (χ3n) is 6.11. The number of carbonyl (C=O) groups excluding carboxylic acids is 1. The van der Waals surface area contributed by atoms with Crippen molar-refractivity contribution in [2.45, 2.75) is 25.4 Å². The Morgan fingerprint density at radius 2 is 1.82 bits per heavy atom. The van der Waals surface area contributed by atoms with Crippen LogP contribution in [0.25, 0.3) is 0 Å². The Hall–Kier alpha value is -3.72. The number of benzene rings is 2. The SMILES string of the molecule is CN(C)C1CCN(c2ccc(Nc3n[nH]c(NCc4ccc(O)cc4)c3C(N)=O)cc2)CC1. The molecule has 0 unspecified atom stereocenters. The van der Waals surface area contributed by atoms with Gasteiger partial charge in [-0.25, -0.2) is 0 Å².